The van der Waals surface area contributed by atoms with Crippen LogP contribution in [0.4, 0.5) is 0 Å². The van der Waals surface area contributed by atoms with Gasteiger partial charge in [-0.1, -0.05) is 6.92 Å². The van der Waals surface area contributed by atoms with E-state index in [4.69, 9.17) is 4.74 Å². The van der Waals surface area contributed by atoms with E-state index in [1.165, 1.54) is 19.3 Å². The summed E-state index contributed by atoms with van der Waals surface area (Å²) in [5, 5.41) is 6.33. The van der Waals surface area contributed by atoms with Crippen molar-refractivity contribution in [2.75, 3.05) is 19.7 Å². The average Bonchev–Trinajstić information content (AvgIpc) is 2.40. The van der Waals surface area contributed by atoms with Crippen LogP contribution in [0.1, 0.15) is 45.4 Å². The van der Waals surface area contributed by atoms with E-state index in [0.717, 1.165) is 39.0 Å². The van der Waals surface area contributed by atoms with E-state index in [9.17, 15) is 4.79 Å². The van der Waals surface area contributed by atoms with E-state index < -0.39 is 0 Å². The van der Waals surface area contributed by atoms with Crippen LogP contribution in [0.3, 0.4) is 0 Å². The Kier molecular flexibility index (Phi) is 5.45. The van der Waals surface area contributed by atoms with Crippen molar-refractivity contribution in [3.05, 3.63) is 0 Å². The number of amides is 1. The molecular formula is C14H26N2O2. The van der Waals surface area contributed by atoms with Gasteiger partial charge in [0.15, 0.2) is 0 Å². The summed E-state index contributed by atoms with van der Waals surface area (Å²) in [4.78, 5) is 12.0. The van der Waals surface area contributed by atoms with Gasteiger partial charge >= 0.3 is 0 Å². The van der Waals surface area contributed by atoms with E-state index in [1.807, 2.05) is 0 Å². The molecule has 4 heteroatoms. The minimum absolute atomic E-state index is 0.0148. The monoisotopic (exact) mass is 254 g/mol. The highest BCUT2D eigenvalue weighted by molar-refractivity contribution is 5.81. The summed E-state index contributed by atoms with van der Waals surface area (Å²) < 4.78 is 5.66. The molecule has 0 radical (unpaired) electrons. The molecule has 2 aliphatic rings. The highest BCUT2D eigenvalue weighted by Gasteiger charge is 2.24. The molecule has 2 heterocycles. The van der Waals surface area contributed by atoms with Gasteiger partial charge in [-0.2, -0.15) is 0 Å². The summed E-state index contributed by atoms with van der Waals surface area (Å²) in [6, 6.07) is 0.0148. The van der Waals surface area contributed by atoms with Crippen molar-refractivity contribution < 1.29 is 9.53 Å². The molecule has 2 rings (SSSR count). The third-order valence-electron chi connectivity index (χ3n) is 4.02. The number of rotatable bonds is 4. The van der Waals surface area contributed by atoms with Crippen LogP contribution in [0.25, 0.3) is 0 Å². The lowest BCUT2D eigenvalue weighted by molar-refractivity contribution is -0.124. The number of carbonyl (C=O) groups excluding carboxylic acids is 1. The summed E-state index contributed by atoms with van der Waals surface area (Å²) in [5.74, 6) is 0.820. The second-order valence-electron chi connectivity index (χ2n) is 5.70. The van der Waals surface area contributed by atoms with Crippen molar-refractivity contribution in [2.45, 2.75) is 57.6 Å². The molecule has 104 valence electrons. The van der Waals surface area contributed by atoms with Crippen LogP contribution in [0.15, 0.2) is 0 Å². The Morgan fingerprint density at radius 3 is 3.00 bits per heavy atom. The van der Waals surface area contributed by atoms with Gasteiger partial charge in [-0.25, -0.2) is 0 Å². The SMILES string of the molecule is CC1CCNC(C(=O)NCCC2CCCCO2)C1. The fourth-order valence-electron chi connectivity index (χ4n) is 2.82. The zero-order valence-corrected chi connectivity index (χ0v) is 11.4. The maximum Gasteiger partial charge on any atom is 0.237 e. The Bertz CT molecular complexity index is 265. The van der Waals surface area contributed by atoms with Crippen LogP contribution >= 0.6 is 0 Å². The molecule has 2 aliphatic heterocycles. The van der Waals surface area contributed by atoms with E-state index in [-0.39, 0.29) is 11.9 Å². The van der Waals surface area contributed by atoms with Crippen molar-refractivity contribution in [1.82, 2.24) is 10.6 Å². The molecule has 0 saturated carbocycles. The van der Waals surface area contributed by atoms with Gasteiger partial charge in [0.25, 0.3) is 0 Å². The lowest BCUT2D eigenvalue weighted by atomic mass is 9.94. The van der Waals surface area contributed by atoms with Gasteiger partial charge in [0.2, 0.25) is 5.91 Å². The fraction of sp³-hybridized carbons (Fsp3) is 0.929. The van der Waals surface area contributed by atoms with Gasteiger partial charge in [-0.05, 0) is 51.0 Å². The number of piperidine rings is 1. The first kappa shape index (κ1) is 13.8. The lowest BCUT2D eigenvalue weighted by Gasteiger charge is -2.28. The average molecular weight is 254 g/mol. The van der Waals surface area contributed by atoms with Crippen LogP contribution in [0.2, 0.25) is 0 Å². The van der Waals surface area contributed by atoms with Gasteiger partial charge in [0.1, 0.15) is 0 Å². The van der Waals surface area contributed by atoms with Crippen LogP contribution in [-0.2, 0) is 9.53 Å². The second-order valence-corrected chi connectivity index (χ2v) is 5.70. The molecule has 2 N–H and O–H groups in total. The lowest BCUT2D eigenvalue weighted by Crippen LogP contribution is -2.48. The molecule has 0 aromatic carbocycles. The summed E-state index contributed by atoms with van der Waals surface area (Å²) >= 11 is 0. The van der Waals surface area contributed by atoms with E-state index in [1.54, 1.807) is 0 Å². The zero-order chi connectivity index (χ0) is 12.8. The smallest absolute Gasteiger partial charge is 0.237 e. The number of ether oxygens (including phenoxy) is 1. The topological polar surface area (TPSA) is 50.4 Å². The molecule has 3 unspecified atom stereocenters. The first-order valence-corrected chi connectivity index (χ1v) is 7.38. The Hall–Kier alpha value is -0.610. The van der Waals surface area contributed by atoms with E-state index >= 15 is 0 Å². The molecule has 0 bridgehead atoms. The maximum atomic E-state index is 12.0. The van der Waals surface area contributed by atoms with Gasteiger partial charge in [0, 0.05) is 13.2 Å². The number of hydrogen-bond donors (Lipinski definition) is 2. The van der Waals surface area contributed by atoms with E-state index in [2.05, 4.69) is 17.6 Å². The summed E-state index contributed by atoms with van der Waals surface area (Å²) in [6.45, 7) is 4.82. The Balaban J connectivity index is 1.61. The molecule has 4 nitrogen and oxygen atoms in total. The molecule has 0 spiro atoms. The van der Waals surface area contributed by atoms with Crippen molar-refractivity contribution in [3.63, 3.8) is 0 Å². The predicted octanol–water partition coefficient (Wildman–Crippen LogP) is 1.45. The second kappa shape index (κ2) is 7.10. The maximum absolute atomic E-state index is 12.0. The first-order valence-electron chi connectivity index (χ1n) is 7.38. The highest BCUT2D eigenvalue weighted by atomic mass is 16.5. The quantitative estimate of drug-likeness (QED) is 0.798. The standard InChI is InChI=1S/C14H26N2O2/c1-11-5-7-15-13(10-11)14(17)16-8-6-12-4-2-3-9-18-12/h11-13,15H,2-10H2,1H3,(H,16,17). The third kappa shape index (κ3) is 4.25. The predicted molar refractivity (Wildman–Crippen MR) is 71.4 cm³/mol. The Labute approximate surface area is 110 Å². The molecule has 3 atom stereocenters. The summed E-state index contributed by atoms with van der Waals surface area (Å²) in [7, 11) is 0. The Morgan fingerprint density at radius 1 is 1.39 bits per heavy atom. The van der Waals surface area contributed by atoms with Gasteiger partial charge in [-0.15, -0.1) is 0 Å². The van der Waals surface area contributed by atoms with Crippen LogP contribution in [0.5, 0.6) is 0 Å². The number of carbonyl (C=O) groups is 1. The van der Waals surface area contributed by atoms with Gasteiger partial charge in [-0.3, -0.25) is 4.79 Å². The molecule has 2 saturated heterocycles. The van der Waals surface area contributed by atoms with Crippen LogP contribution in [0, 0.1) is 5.92 Å². The number of nitrogens with one attached hydrogen (secondary N) is 2. The number of hydrogen-bond acceptors (Lipinski definition) is 3. The van der Waals surface area contributed by atoms with Crippen molar-refractivity contribution in [2.24, 2.45) is 5.92 Å². The van der Waals surface area contributed by atoms with Crippen molar-refractivity contribution in [1.29, 1.82) is 0 Å². The summed E-state index contributed by atoms with van der Waals surface area (Å²) in [6.07, 6.45) is 7.05. The molecular weight excluding hydrogens is 228 g/mol. The summed E-state index contributed by atoms with van der Waals surface area (Å²) in [5.41, 5.74) is 0. The first-order chi connectivity index (χ1) is 8.75. The Morgan fingerprint density at radius 2 is 2.28 bits per heavy atom. The fourth-order valence-corrected chi connectivity index (χ4v) is 2.82. The van der Waals surface area contributed by atoms with Gasteiger partial charge in [0.05, 0.1) is 12.1 Å². The van der Waals surface area contributed by atoms with Crippen molar-refractivity contribution >= 4 is 5.91 Å². The minimum atomic E-state index is 0.0148. The molecule has 1 amide bonds. The molecule has 2 fully saturated rings. The normalized spacial score (nSPS) is 33.1. The minimum Gasteiger partial charge on any atom is -0.378 e. The molecule has 0 aromatic rings. The highest BCUT2D eigenvalue weighted by Crippen LogP contribution is 2.16. The molecule has 18 heavy (non-hydrogen) atoms. The van der Waals surface area contributed by atoms with Gasteiger partial charge < -0.3 is 15.4 Å². The molecule has 0 aliphatic carbocycles. The third-order valence-corrected chi connectivity index (χ3v) is 4.02. The molecule has 0 aromatic heterocycles. The zero-order valence-electron chi connectivity index (χ0n) is 11.4. The largest absolute Gasteiger partial charge is 0.378 e. The van der Waals surface area contributed by atoms with Crippen LogP contribution in [-0.4, -0.2) is 37.7 Å². The van der Waals surface area contributed by atoms with E-state index in [0.29, 0.717) is 12.0 Å². The van der Waals surface area contributed by atoms with Crippen molar-refractivity contribution in [3.8, 4) is 0 Å². The van der Waals surface area contributed by atoms with Crippen LogP contribution < -0.4 is 10.6 Å².